The largest absolute Gasteiger partial charge is 0.323 e. The zero-order valence-corrected chi connectivity index (χ0v) is 15.0. The maximum absolute atomic E-state index is 12.4. The van der Waals surface area contributed by atoms with Crippen molar-refractivity contribution in [2.75, 3.05) is 10.0 Å². The first-order valence-corrected chi connectivity index (χ1v) is 9.58. The predicted molar refractivity (Wildman–Crippen MR) is 101 cm³/mol. The van der Waals surface area contributed by atoms with E-state index in [4.69, 9.17) is 0 Å². The zero-order valence-electron chi connectivity index (χ0n) is 14.2. The molecule has 0 aliphatic carbocycles. The van der Waals surface area contributed by atoms with Crippen LogP contribution in [0, 0.1) is 0 Å². The topological polar surface area (TPSA) is 75.3 Å². The van der Waals surface area contributed by atoms with E-state index in [-0.39, 0.29) is 10.8 Å². The molecule has 5 nitrogen and oxygen atoms in total. The van der Waals surface area contributed by atoms with Crippen LogP contribution in [0.1, 0.15) is 25.3 Å². The van der Waals surface area contributed by atoms with Crippen LogP contribution in [0.15, 0.2) is 66.1 Å². The Morgan fingerprint density at radius 2 is 1.64 bits per heavy atom. The van der Waals surface area contributed by atoms with Crippen molar-refractivity contribution < 1.29 is 13.2 Å². The quantitative estimate of drug-likeness (QED) is 0.702. The van der Waals surface area contributed by atoms with Gasteiger partial charge in [0.15, 0.2) is 0 Å². The maximum atomic E-state index is 12.4. The Morgan fingerprint density at radius 1 is 1.04 bits per heavy atom. The molecule has 0 saturated heterocycles. The van der Waals surface area contributed by atoms with Gasteiger partial charge in [0.1, 0.15) is 0 Å². The Bertz CT molecular complexity index is 826. The molecule has 2 N–H and O–H groups in total. The highest BCUT2D eigenvalue weighted by molar-refractivity contribution is 7.92. The van der Waals surface area contributed by atoms with Crippen molar-refractivity contribution in [1.82, 2.24) is 0 Å². The molecule has 1 amide bonds. The van der Waals surface area contributed by atoms with E-state index in [2.05, 4.69) is 23.5 Å². The van der Waals surface area contributed by atoms with E-state index < -0.39 is 10.0 Å². The van der Waals surface area contributed by atoms with Gasteiger partial charge in [0.25, 0.3) is 10.0 Å². The van der Waals surface area contributed by atoms with Crippen molar-refractivity contribution in [1.29, 1.82) is 0 Å². The van der Waals surface area contributed by atoms with Crippen LogP contribution >= 0.6 is 0 Å². The molecule has 0 fully saturated rings. The van der Waals surface area contributed by atoms with Gasteiger partial charge in [0.05, 0.1) is 4.90 Å². The van der Waals surface area contributed by atoms with Crippen molar-refractivity contribution >= 4 is 27.3 Å². The first kappa shape index (κ1) is 18.7. The molecule has 0 saturated carbocycles. The molecule has 0 aliphatic rings. The van der Waals surface area contributed by atoms with Crippen LogP contribution in [0.5, 0.6) is 0 Å². The molecule has 2 aromatic rings. The van der Waals surface area contributed by atoms with Crippen molar-refractivity contribution in [3.8, 4) is 0 Å². The summed E-state index contributed by atoms with van der Waals surface area (Å²) >= 11 is 0. The summed E-state index contributed by atoms with van der Waals surface area (Å²) in [5.74, 6) is -0.350. The third kappa shape index (κ3) is 5.46. The summed E-state index contributed by atoms with van der Waals surface area (Å²) in [5, 5.41) is 2.57. The second kappa shape index (κ2) is 8.48. The highest BCUT2D eigenvalue weighted by Crippen LogP contribution is 2.19. The SMILES string of the molecule is C=CC(=O)Nc1ccc(S(=O)(=O)Nc2ccc(CCCC)cc2)cc1. The molecule has 6 heteroatoms. The average molecular weight is 358 g/mol. The molecule has 132 valence electrons. The van der Waals surface area contributed by atoms with Crippen LogP contribution in [0.25, 0.3) is 0 Å². The first-order valence-electron chi connectivity index (χ1n) is 8.10. The maximum Gasteiger partial charge on any atom is 0.261 e. The number of anilines is 2. The van der Waals surface area contributed by atoms with Crippen molar-refractivity contribution in [3.05, 3.63) is 66.7 Å². The molecule has 0 bridgehead atoms. The fourth-order valence-electron chi connectivity index (χ4n) is 2.25. The normalized spacial score (nSPS) is 10.9. The molecule has 2 aromatic carbocycles. The Hall–Kier alpha value is -2.60. The summed E-state index contributed by atoms with van der Waals surface area (Å²) in [7, 11) is -3.68. The molecule has 0 unspecified atom stereocenters. The van der Waals surface area contributed by atoms with E-state index in [9.17, 15) is 13.2 Å². The monoisotopic (exact) mass is 358 g/mol. The molecule has 0 aliphatic heterocycles. The lowest BCUT2D eigenvalue weighted by atomic mass is 10.1. The fourth-order valence-corrected chi connectivity index (χ4v) is 3.30. The number of carbonyl (C=O) groups is 1. The van der Waals surface area contributed by atoms with Crippen molar-refractivity contribution in [2.45, 2.75) is 31.1 Å². The second-order valence-electron chi connectivity index (χ2n) is 5.62. The van der Waals surface area contributed by atoms with E-state index in [0.29, 0.717) is 11.4 Å². The van der Waals surface area contributed by atoms with E-state index >= 15 is 0 Å². The van der Waals surface area contributed by atoms with Crippen LogP contribution in [-0.2, 0) is 21.2 Å². The Balaban J connectivity index is 2.08. The summed E-state index contributed by atoms with van der Waals surface area (Å²) in [5.41, 5.74) is 2.21. The van der Waals surface area contributed by atoms with Crippen LogP contribution in [-0.4, -0.2) is 14.3 Å². The van der Waals surface area contributed by atoms with E-state index in [1.54, 1.807) is 12.1 Å². The van der Waals surface area contributed by atoms with Crippen LogP contribution in [0.3, 0.4) is 0 Å². The lowest BCUT2D eigenvalue weighted by Gasteiger charge is -2.10. The second-order valence-corrected chi connectivity index (χ2v) is 7.31. The number of unbranched alkanes of at least 4 members (excludes halogenated alkanes) is 1. The van der Waals surface area contributed by atoms with E-state index in [1.165, 1.54) is 29.8 Å². The number of aryl methyl sites for hydroxylation is 1. The summed E-state index contributed by atoms with van der Waals surface area (Å²) in [6.45, 7) is 5.50. The minimum absolute atomic E-state index is 0.124. The van der Waals surface area contributed by atoms with Crippen LogP contribution in [0.2, 0.25) is 0 Å². The number of hydrogen-bond acceptors (Lipinski definition) is 3. The molecular weight excluding hydrogens is 336 g/mol. The lowest BCUT2D eigenvalue weighted by Crippen LogP contribution is -2.13. The van der Waals surface area contributed by atoms with Crippen LogP contribution in [0.4, 0.5) is 11.4 Å². The predicted octanol–water partition coefficient (Wildman–Crippen LogP) is 3.95. The summed E-state index contributed by atoms with van der Waals surface area (Å²) in [6.07, 6.45) is 4.37. The highest BCUT2D eigenvalue weighted by Gasteiger charge is 2.14. The van der Waals surface area contributed by atoms with Gasteiger partial charge in [-0.2, -0.15) is 0 Å². The van der Waals surface area contributed by atoms with Crippen molar-refractivity contribution in [3.63, 3.8) is 0 Å². The van der Waals surface area contributed by atoms with Gasteiger partial charge in [-0.1, -0.05) is 32.1 Å². The van der Waals surface area contributed by atoms with Gasteiger partial charge in [0, 0.05) is 11.4 Å². The van der Waals surface area contributed by atoms with Gasteiger partial charge in [-0.05, 0) is 60.9 Å². The zero-order chi connectivity index (χ0) is 18.3. The van der Waals surface area contributed by atoms with Gasteiger partial charge < -0.3 is 5.32 Å². The van der Waals surface area contributed by atoms with Crippen molar-refractivity contribution in [2.24, 2.45) is 0 Å². The fraction of sp³-hybridized carbons (Fsp3) is 0.211. The molecular formula is C19H22N2O3S. The van der Waals surface area contributed by atoms with Gasteiger partial charge in [-0.3, -0.25) is 9.52 Å². The molecule has 0 atom stereocenters. The Morgan fingerprint density at radius 3 is 2.20 bits per heavy atom. The molecule has 0 aromatic heterocycles. The molecule has 0 radical (unpaired) electrons. The standard InChI is InChI=1S/C19H22N2O3S/c1-3-5-6-15-7-9-17(10-8-15)21-25(23,24)18-13-11-16(12-14-18)20-19(22)4-2/h4,7-14,21H,2-3,5-6H2,1H3,(H,20,22). The third-order valence-corrected chi connectivity index (χ3v) is 5.04. The minimum atomic E-state index is -3.68. The summed E-state index contributed by atoms with van der Waals surface area (Å²) in [6, 6.07) is 13.3. The lowest BCUT2D eigenvalue weighted by molar-refractivity contribution is -0.111. The van der Waals surface area contributed by atoms with Gasteiger partial charge in [0.2, 0.25) is 5.91 Å². The number of sulfonamides is 1. The number of amides is 1. The number of hydrogen-bond donors (Lipinski definition) is 2. The number of carbonyl (C=O) groups excluding carboxylic acids is 1. The summed E-state index contributed by atoms with van der Waals surface area (Å²) < 4.78 is 27.4. The Labute approximate surface area is 148 Å². The highest BCUT2D eigenvalue weighted by atomic mass is 32.2. The minimum Gasteiger partial charge on any atom is -0.323 e. The van der Waals surface area contributed by atoms with Crippen LogP contribution < -0.4 is 10.0 Å². The average Bonchev–Trinajstić information content (AvgIpc) is 2.61. The Kier molecular flexibility index (Phi) is 6.36. The number of benzene rings is 2. The summed E-state index contributed by atoms with van der Waals surface area (Å²) in [4.78, 5) is 11.4. The van der Waals surface area contributed by atoms with E-state index in [0.717, 1.165) is 25.3 Å². The van der Waals surface area contributed by atoms with Gasteiger partial charge in [-0.25, -0.2) is 8.42 Å². The number of nitrogens with one attached hydrogen (secondary N) is 2. The molecule has 0 spiro atoms. The van der Waals surface area contributed by atoms with Gasteiger partial charge in [-0.15, -0.1) is 0 Å². The van der Waals surface area contributed by atoms with Gasteiger partial charge >= 0.3 is 0 Å². The molecule has 25 heavy (non-hydrogen) atoms. The van der Waals surface area contributed by atoms with E-state index in [1.807, 2.05) is 12.1 Å². The number of rotatable bonds is 8. The molecule has 2 rings (SSSR count). The third-order valence-electron chi connectivity index (χ3n) is 3.64. The first-order chi connectivity index (χ1) is 11.9. The molecule has 0 heterocycles. The smallest absolute Gasteiger partial charge is 0.261 e.